The second kappa shape index (κ2) is 2.22. The van der Waals surface area contributed by atoms with E-state index in [9.17, 15) is 9.59 Å². The van der Waals surface area contributed by atoms with Crippen LogP contribution in [0.3, 0.4) is 0 Å². The first-order valence-electron chi connectivity index (χ1n) is 4.05. The van der Waals surface area contributed by atoms with Crippen molar-refractivity contribution in [1.82, 2.24) is 15.4 Å². The molecule has 0 fully saturated rings. The Hall–Kier alpha value is -2.11. The highest BCUT2D eigenvalue weighted by Crippen LogP contribution is 2.28. The van der Waals surface area contributed by atoms with Gasteiger partial charge in [-0.3, -0.25) is 14.6 Å². The maximum atomic E-state index is 11.7. The molecule has 0 unspecified atom stereocenters. The minimum atomic E-state index is -0.322. The van der Waals surface area contributed by atoms with E-state index in [1.807, 2.05) is 0 Å². The zero-order chi connectivity index (χ0) is 9.71. The van der Waals surface area contributed by atoms with E-state index in [0.29, 0.717) is 12.0 Å². The van der Waals surface area contributed by atoms with Crippen LogP contribution in [0.2, 0.25) is 0 Å². The van der Waals surface area contributed by atoms with Gasteiger partial charge in [-0.05, 0) is 0 Å². The molecule has 1 N–H and O–H groups in total. The molecule has 0 radical (unpaired) electrons. The van der Waals surface area contributed by atoms with Gasteiger partial charge >= 0.3 is 0 Å². The lowest BCUT2D eigenvalue weighted by Crippen LogP contribution is -2.19. The molecular weight excluding hydrogens is 184 g/mol. The molecule has 14 heavy (non-hydrogen) atoms. The van der Waals surface area contributed by atoms with Crippen LogP contribution in [0.15, 0.2) is 16.3 Å². The Balaban J connectivity index is 2.29. The number of rotatable bonds is 0. The molecule has 0 saturated heterocycles. The van der Waals surface area contributed by atoms with E-state index in [1.54, 1.807) is 6.21 Å². The quantitative estimate of drug-likeness (QED) is 0.616. The molecular formula is C8H4N4O2. The maximum Gasteiger partial charge on any atom is 0.234 e. The lowest BCUT2D eigenvalue weighted by atomic mass is 9.95. The Bertz CT molecular complexity index is 523. The number of aromatic nitrogens is 3. The molecule has 3 rings (SSSR count). The van der Waals surface area contributed by atoms with Gasteiger partial charge in [-0.1, -0.05) is 0 Å². The number of carbonyl (C=O) groups is 2. The second-order valence-corrected chi connectivity index (χ2v) is 3.02. The van der Waals surface area contributed by atoms with Crippen molar-refractivity contribution in [2.75, 3.05) is 0 Å². The second-order valence-electron chi connectivity index (χ2n) is 3.02. The van der Waals surface area contributed by atoms with Crippen molar-refractivity contribution in [2.45, 2.75) is 6.42 Å². The van der Waals surface area contributed by atoms with Crippen LogP contribution in [0.5, 0.6) is 0 Å². The van der Waals surface area contributed by atoms with Gasteiger partial charge in [0.15, 0.2) is 11.4 Å². The van der Waals surface area contributed by atoms with Crippen LogP contribution in [0.1, 0.15) is 27.4 Å². The Morgan fingerprint density at radius 3 is 2.64 bits per heavy atom. The molecule has 0 amide bonds. The van der Waals surface area contributed by atoms with Crippen LogP contribution in [0.25, 0.3) is 0 Å². The van der Waals surface area contributed by atoms with E-state index < -0.39 is 0 Å². The van der Waals surface area contributed by atoms with Crippen LogP contribution >= 0.6 is 0 Å². The van der Waals surface area contributed by atoms with Crippen LogP contribution in [0, 0.1) is 0 Å². The summed E-state index contributed by atoms with van der Waals surface area (Å²) in [4.78, 5) is 27.2. The van der Waals surface area contributed by atoms with Crippen molar-refractivity contribution in [3.8, 4) is 0 Å². The summed E-state index contributed by atoms with van der Waals surface area (Å²) in [6.45, 7) is 0. The first-order chi connectivity index (χ1) is 6.79. The molecule has 68 valence electrons. The number of aliphatic imine (C=N–C) groups is 1. The number of nitrogens with zero attached hydrogens (tertiary/aromatic N) is 3. The highest BCUT2D eigenvalue weighted by Gasteiger charge is 2.36. The first-order valence-corrected chi connectivity index (χ1v) is 4.05. The highest BCUT2D eigenvalue weighted by molar-refractivity contribution is 6.27. The molecule has 2 heterocycles. The first kappa shape index (κ1) is 7.31. The topological polar surface area (TPSA) is 88.1 Å². The van der Waals surface area contributed by atoms with Gasteiger partial charge < -0.3 is 0 Å². The van der Waals surface area contributed by atoms with Gasteiger partial charge in [0.1, 0.15) is 5.70 Å². The molecule has 1 aliphatic carbocycles. The molecule has 0 bridgehead atoms. The monoisotopic (exact) mass is 188 g/mol. The Labute approximate surface area is 77.7 Å². The Morgan fingerprint density at radius 2 is 1.86 bits per heavy atom. The van der Waals surface area contributed by atoms with Gasteiger partial charge in [-0.15, -0.1) is 0 Å². The summed E-state index contributed by atoms with van der Waals surface area (Å²) in [5.41, 5.74) is 0.833. The van der Waals surface area contributed by atoms with E-state index in [0.717, 1.165) is 0 Å². The number of nitrogens with one attached hydrogen (secondary N) is 1. The molecule has 0 atom stereocenters. The number of Topliss-reactive ketones (excluding diaryl/α,β-unsaturated/α-hetero) is 2. The van der Waals surface area contributed by atoms with Crippen molar-refractivity contribution >= 4 is 17.8 Å². The third-order valence-corrected chi connectivity index (χ3v) is 2.27. The average molecular weight is 188 g/mol. The number of hydrogen-bond donors (Lipinski definition) is 1. The SMILES string of the molecule is O=C1C2=C(N=CC2)C(=O)c2n[nH]nc21. The van der Waals surface area contributed by atoms with E-state index in [4.69, 9.17) is 0 Å². The van der Waals surface area contributed by atoms with Gasteiger partial charge in [0.25, 0.3) is 0 Å². The summed E-state index contributed by atoms with van der Waals surface area (Å²) in [5.74, 6) is -0.571. The summed E-state index contributed by atoms with van der Waals surface area (Å²) in [6.07, 6.45) is 1.96. The molecule has 1 aliphatic heterocycles. The molecule has 6 heteroatoms. The van der Waals surface area contributed by atoms with E-state index in [2.05, 4.69) is 20.4 Å². The molecule has 6 nitrogen and oxygen atoms in total. The number of fused-ring (bicyclic) bond motifs is 1. The van der Waals surface area contributed by atoms with E-state index in [-0.39, 0.29) is 28.7 Å². The van der Waals surface area contributed by atoms with Crippen LogP contribution in [0.4, 0.5) is 0 Å². The van der Waals surface area contributed by atoms with Crippen LogP contribution < -0.4 is 0 Å². The van der Waals surface area contributed by atoms with Crippen molar-refractivity contribution in [1.29, 1.82) is 0 Å². The predicted molar refractivity (Wildman–Crippen MR) is 45.2 cm³/mol. The van der Waals surface area contributed by atoms with E-state index >= 15 is 0 Å². The fourth-order valence-corrected chi connectivity index (χ4v) is 1.60. The number of aromatic amines is 1. The fraction of sp³-hybridized carbons (Fsp3) is 0.125. The zero-order valence-electron chi connectivity index (χ0n) is 6.94. The van der Waals surface area contributed by atoms with Gasteiger partial charge in [0, 0.05) is 18.2 Å². The third kappa shape index (κ3) is 0.681. The number of H-pyrrole nitrogens is 1. The number of ketones is 2. The van der Waals surface area contributed by atoms with Gasteiger partial charge in [0.2, 0.25) is 11.6 Å². The van der Waals surface area contributed by atoms with Gasteiger partial charge in [-0.2, -0.15) is 15.4 Å². The predicted octanol–water partition coefficient (Wildman–Crippen LogP) is -0.0877. The maximum absolute atomic E-state index is 11.7. The normalized spacial score (nSPS) is 18.9. The fourth-order valence-electron chi connectivity index (χ4n) is 1.60. The number of hydrogen-bond acceptors (Lipinski definition) is 5. The molecule has 0 aromatic carbocycles. The van der Waals surface area contributed by atoms with Crippen molar-refractivity contribution in [3.05, 3.63) is 22.7 Å². The highest BCUT2D eigenvalue weighted by atomic mass is 16.1. The van der Waals surface area contributed by atoms with E-state index in [1.165, 1.54) is 0 Å². The minimum absolute atomic E-state index is 0.0767. The molecule has 0 spiro atoms. The lowest BCUT2D eigenvalue weighted by Gasteiger charge is -2.07. The summed E-state index contributed by atoms with van der Waals surface area (Å²) in [6, 6.07) is 0. The zero-order valence-corrected chi connectivity index (χ0v) is 6.94. The Kier molecular flexibility index (Phi) is 1.16. The van der Waals surface area contributed by atoms with Crippen molar-refractivity contribution in [2.24, 2.45) is 4.99 Å². The smallest absolute Gasteiger partial charge is 0.234 e. The minimum Gasteiger partial charge on any atom is -0.287 e. The Morgan fingerprint density at radius 1 is 1.14 bits per heavy atom. The number of carbonyl (C=O) groups excluding carboxylic acids is 2. The van der Waals surface area contributed by atoms with Crippen LogP contribution in [-0.2, 0) is 0 Å². The van der Waals surface area contributed by atoms with Gasteiger partial charge in [0.05, 0.1) is 0 Å². The van der Waals surface area contributed by atoms with Crippen LogP contribution in [-0.4, -0.2) is 33.2 Å². The lowest BCUT2D eigenvalue weighted by molar-refractivity contribution is 0.0969. The number of allylic oxidation sites excluding steroid dienone is 2. The summed E-state index contributed by atoms with van der Waals surface area (Å²) in [7, 11) is 0. The molecule has 0 saturated carbocycles. The average Bonchev–Trinajstić information content (AvgIpc) is 2.82. The largest absolute Gasteiger partial charge is 0.287 e. The molecule has 1 aromatic rings. The molecule has 2 aliphatic rings. The third-order valence-electron chi connectivity index (χ3n) is 2.27. The van der Waals surface area contributed by atoms with Crippen molar-refractivity contribution in [3.63, 3.8) is 0 Å². The summed E-state index contributed by atoms with van der Waals surface area (Å²) >= 11 is 0. The van der Waals surface area contributed by atoms with Gasteiger partial charge in [-0.25, -0.2) is 0 Å². The standard InChI is InChI=1S/C8H4N4O2/c13-7-3-1-2-9-4(3)8(14)6-5(7)10-12-11-6/h2H,1H2,(H,10,11,12). The van der Waals surface area contributed by atoms with Crippen molar-refractivity contribution < 1.29 is 9.59 Å². The summed E-state index contributed by atoms with van der Waals surface area (Å²) < 4.78 is 0. The molecule has 1 aromatic heterocycles. The summed E-state index contributed by atoms with van der Waals surface area (Å²) in [5, 5.41) is 9.56.